The van der Waals surface area contributed by atoms with Gasteiger partial charge in [-0.2, -0.15) is 0 Å². The normalized spacial score (nSPS) is 12.8. The van der Waals surface area contributed by atoms with Crippen molar-refractivity contribution in [1.29, 1.82) is 0 Å². The molecule has 2 amide bonds. The Hall–Kier alpha value is -2.27. The summed E-state index contributed by atoms with van der Waals surface area (Å²) in [6.07, 6.45) is 0.860. The summed E-state index contributed by atoms with van der Waals surface area (Å²) in [5.74, 6) is 0.817. The molecule has 24 heavy (non-hydrogen) atoms. The third kappa shape index (κ3) is 3.31. The van der Waals surface area contributed by atoms with E-state index in [1.807, 2.05) is 42.5 Å². The lowest BCUT2D eigenvalue weighted by molar-refractivity contribution is -0.116. The number of nitrogens with one attached hydrogen (secondary N) is 1. The molecule has 1 aliphatic rings. The highest BCUT2D eigenvalue weighted by Gasteiger charge is 2.22. The average Bonchev–Trinajstić information content (AvgIpc) is 2.99. The van der Waals surface area contributed by atoms with E-state index in [0.717, 1.165) is 28.3 Å². The Labute approximate surface area is 146 Å². The predicted octanol–water partition coefficient (Wildman–Crippen LogP) is 3.96. The van der Waals surface area contributed by atoms with Crippen molar-refractivity contribution in [1.82, 2.24) is 0 Å². The number of carbonyl (C=O) groups excluding carboxylic acids is 2. The Balaban J connectivity index is 1.83. The van der Waals surface area contributed by atoms with Gasteiger partial charge in [-0.15, -0.1) is 11.8 Å². The van der Waals surface area contributed by atoms with Crippen LogP contribution in [0.2, 0.25) is 0 Å². The molecule has 0 aliphatic carbocycles. The van der Waals surface area contributed by atoms with Crippen LogP contribution in [0.5, 0.6) is 0 Å². The zero-order valence-electron chi connectivity index (χ0n) is 13.8. The Morgan fingerprint density at radius 3 is 2.75 bits per heavy atom. The maximum Gasteiger partial charge on any atom is 0.256 e. The van der Waals surface area contributed by atoms with E-state index in [4.69, 9.17) is 0 Å². The van der Waals surface area contributed by atoms with E-state index in [1.165, 1.54) is 0 Å². The highest BCUT2D eigenvalue weighted by Crippen LogP contribution is 2.31. The second kappa shape index (κ2) is 7.09. The summed E-state index contributed by atoms with van der Waals surface area (Å²) in [7, 11) is 0. The summed E-state index contributed by atoms with van der Waals surface area (Å²) in [5.41, 5.74) is 3.43. The number of nitrogens with zero attached hydrogens (tertiary/aromatic N) is 1. The fraction of sp³-hybridized carbons (Fsp3) is 0.263. The second-order valence-corrected chi connectivity index (χ2v) is 6.95. The van der Waals surface area contributed by atoms with Gasteiger partial charge in [0, 0.05) is 29.7 Å². The van der Waals surface area contributed by atoms with Crippen molar-refractivity contribution in [3.63, 3.8) is 0 Å². The predicted molar refractivity (Wildman–Crippen MR) is 99.0 cm³/mol. The maximum absolute atomic E-state index is 12.6. The van der Waals surface area contributed by atoms with E-state index < -0.39 is 0 Å². The molecule has 0 unspecified atom stereocenters. The summed E-state index contributed by atoms with van der Waals surface area (Å²) in [4.78, 5) is 27.1. The molecule has 5 heteroatoms. The molecule has 0 radical (unpaired) electrons. The van der Waals surface area contributed by atoms with E-state index in [2.05, 4.69) is 12.2 Å². The van der Waals surface area contributed by atoms with Gasteiger partial charge in [0.2, 0.25) is 5.91 Å². The number of thioether (sulfide) groups is 1. The number of rotatable bonds is 4. The molecule has 3 rings (SSSR count). The molecule has 0 saturated heterocycles. The van der Waals surface area contributed by atoms with Crippen molar-refractivity contribution in [3.05, 3.63) is 53.6 Å². The molecule has 0 saturated carbocycles. The van der Waals surface area contributed by atoms with Gasteiger partial charge in [0.15, 0.2) is 0 Å². The van der Waals surface area contributed by atoms with Crippen molar-refractivity contribution in [3.8, 4) is 0 Å². The van der Waals surface area contributed by atoms with Crippen LogP contribution in [0.3, 0.4) is 0 Å². The van der Waals surface area contributed by atoms with Gasteiger partial charge < -0.3 is 10.2 Å². The highest BCUT2D eigenvalue weighted by molar-refractivity contribution is 7.99. The van der Waals surface area contributed by atoms with E-state index in [9.17, 15) is 9.59 Å². The average molecular weight is 340 g/mol. The van der Waals surface area contributed by atoms with E-state index in [-0.39, 0.29) is 11.8 Å². The molecule has 1 N–H and O–H groups in total. The molecule has 0 fully saturated rings. The first kappa shape index (κ1) is 16.6. The monoisotopic (exact) mass is 340 g/mol. The summed E-state index contributed by atoms with van der Waals surface area (Å²) in [6.45, 7) is 4.34. The van der Waals surface area contributed by atoms with Gasteiger partial charge in [0.1, 0.15) is 0 Å². The molecular formula is C19H20N2O2S. The summed E-state index contributed by atoms with van der Waals surface area (Å²) >= 11 is 1.65. The zero-order valence-corrected chi connectivity index (χ0v) is 14.7. The minimum absolute atomic E-state index is 0.0296. The maximum atomic E-state index is 12.6. The van der Waals surface area contributed by atoms with Gasteiger partial charge in [-0.1, -0.05) is 25.1 Å². The lowest BCUT2D eigenvalue weighted by atomic mass is 10.1. The van der Waals surface area contributed by atoms with Gasteiger partial charge in [-0.05, 0) is 42.0 Å². The van der Waals surface area contributed by atoms with E-state index in [1.54, 1.807) is 23.6 Å². The first-order valence-corrected chi connectivity index (χ1v) is 9.03. The van der Waals surface area contributed by atoms with Crippen molar-refractivity contribution in [2.75, 3.05) is 22.5 Å². The number of hydrogen-bond donors (Lipinski definition) is 1. The zero-order chi connectivity index (χ0) is 17.1. The second-order valence-electron chi connectivity index (χ2n) is 5.65. The van der Waals surface area contributed by atoms with Crippen LogP contribution in [0.1, 0.15) is 29.8 Å². The minimum Gasteiger partial charge on any atom is -0.322 e. The topological polar surface area (TPSA) is 49.4 Å². The first-order chi connectivity index (χ1) is 11.6. The van der Waals surface area contributed by atoms with Crippen LogP contribution < -0.4 is 10.2 Å². The van der Waals surface area contributed by atoms with Crippen LogP contribution in [0.25, 0.3) is 0 Å². The van der Waals surface area contributed by atoms with Crippen molar-refractivity contribution < 1.29 is 9.59 Å². The van der Waals surface area contributed by atoms with Crippen LogP contribution in [0.4, 0.5) is 11.4 Å². The molecule has 0 aromatic heterocycles. The number of hydrogen-bond acceptors (Lipinski definition) is 3. The fourth-order valence-electron chi connectivity index (χ4n) is 2.92. The van der Waals surface area contributed by atoms with E-state index in [0.29, 0.717) is 17.8 Å². The molecule has 0 atom stereocenters. The Kier molecular flexibility index (Phi) is 4.90. The van der Waals surface area contributed by atoms with Gasteiger partial charge in [0.05, 0.1) is 5.56 Å². The van der Waals surface area contributed by atoms with Gasteiger partial charge in [-0.25, -0.2) is 0 Å². The highest BCUT2D eigenvalue weighted by atomic mass is 32.2. The lowest BCUT2D eigenvalue weighted by Gasteiger charge is -2.16. The summed E-state index contributed by atoms with van der Waals surface area (Å²) in [6, 6.07) is 13.4. The Bertz CT molecular complexity index is 789. The minimum atomic E-state index is -0.126. The molecule has 4 nitrogen and oxygen atoms in total. The third-order valence-electron chi connectivity index (χ3n) is 4.05. The molecular weight excluding hydrogens is 320 g/mol. The summed E-state index contributed by atoms with van der Waals surface area (Å²) in [5, 5.41) is 2.96. The van der Waals surface area contributed by atoms with Crippen LogP contribution in [0.15, 0.2) is 47.4 Å². The fourth-order valence-corrected chi connectivity index (χ4v) is 3.72. The Morgan fingerprint density at radius 2 is 2.00 bits per heavy atom. The lowest BCUT2D eigenvalue weighted by Crippen LogP contribution is -2.25. The molecule has 2 aromatic rings. The number of benzene rings is 2. The van der Waals surface area contributed by atoms with Crippen LogP contribution >= 0.6 is 11.8 Å². The molecule has 1 heterocycles. The van der Waals surface area contributed by atoms with Crippen molar-refractivity contribution >= 4 is 35.0 Å². The van der Waals surface area contributed by atoms with E-state index >= 15 is 0 Å². The first-order valence-electron chi connectivity index (χ1n) is 8.04. The number of carbonyl (C=O) groups is 2. The number of fused-ring (bicyclic) bond motifs is 1. The van der Waals surface area contributed by atoms with Crippen molar-refractivity contribution in [2.45, 2.75) is 25.2 Å². The smallest absolute Gasteiger partial charge is 0.256 e. The molecule has 0 bridgehead atoms. The molecule has 1 aliphatic heterocycles. The largest absolute Gasteiger partial charge is 0.322 e. The van der Waals surface area contributed by atoms with Crippen LogP contribution in [-0.4, -0.2) is 24.1 Å². The quantitative estimate of drug-likeness (QED) is 0.857. The van der Waals surface area contributed by atoms with Gasteiger partial charge in [0.25, 0.3) is 5.91 Å². The third-order valence-corrected chi connectivity index (χ3v) is 5.01. The molecule has 124 valence electrons. The van der Waals surface area contributed by atoms with Gasteiger partial charge >= 0.3 is 0 Å². The Morgan fingerprint density at radius 1 is 1.21 bits per heavy atom. The SMILES string of the molecule is CCSc1ccccc1C(=O)Nc1ccc2c(c1)N(C(C)=O)CC2. The van der Waals surface area contributed by atoms with Crippen molar-refractivity contribution in [2.24, 2.45) is 0 Å². The number of amides is 2. The van der Waals surface area contributed by atoms with Crippen LogP contribution in [-0.2, 0) is 11.2 Å². The van der Waals surface area contributed by atoms with Crippen LogP contribution in [0, 0.1) is 0 Å². The van der Waals surface area contributed by atoms with Gasteiger partial charge in [-0.3, -0.25) is 9.59 Å². The molecule has 0 spiro atoms. The molecule has 2 aromatic carbocycles. The number of anilines is 2. The summed E-state index contributed by atoms with van der Waals surface area (Å²) < 4.78 is 0. The standard InChI is InChI=1S/C19H20N2O2S/c1-3-24-18-7-5-4-6-16(18)19(23)20-15-9-8-14-10-11-21(13(2)22)17(14)12-15/h4-9,12H,3,10-11H2,1-2H3,(H,20,23).